The molecule has 1 N–H and O–H groups in total. The van der Waals surface area contributed by atoms with Crippen LogP contribution in [0, 0.1) is 0 Å². The van der Waals surface area contributed by atoms with Crippen molar-refractivity contribution in [3.63, 3.8) is 0 Å². The van der Waals surface area contributed by atoms with Crippen molar-refractivity contribution in [2.75, 3.05) is 0 Å². The predicted molar refractivity (Wildman–Crippen MR) is 64.7 cm³/mol. The highest BCUT2D eigenvalue weighted by atomic mass is 79.9. The monoisotopic (exact) mass is 269 g/mol. The number of hydrogen-bond donors (Lipinski definition) is 1. The van der Waals surface area contributed by atoms with Crippen LogP contribution >= 0.6 is 15.9 Å². The summed E-state index contributed by atoms with van der Waals surface area (Å²) in [6, 6.07) is 2.68. The molecule has 3 heteroatoms. The fourth-order valence-electron chi connectivity index (χ4n) is 1.96. The van der Waals surface area contributed by atoms with Gasteiger partial charge in [0, 0.05) is 6.04 Å². The molecule has 2 unspecified atom stereocenters. The molecule has 15 heavy (non-hydrogen) atoms. The van der Waals surface area contributed by atoms with Crippen molar-refractivity contribution >= 4 is 15.9 Å². The lowest BCUT2D eigenvalue weighted by Gasteiger charge is -2.21. The van der Waals surface area contributed by atoms with Gasteiger partial charge in [-0.25, -0.2) is 0 Å². The molecule has 0 amide bonds. The molecule has 1 aliphatic rings. The first-order valence-corrected chi connectivity index (χ1v) is 6.22. The number of halogens is 1. The van der Waals surface area contributed by atoms with Gasteiger partial charge in [0.25, 0.3) is 0 Å². The van der Waals surface area contributed by atoms with Crippen LogP contribution in [0.3, 0.4) is 0 Å². The Morgan fingerprint density at radius 2 is 2.47 bits per heavy atom. The van der Waals surface area contributed by atoms with Crippen LogP contribution in [0.5, 0.6) is 0 Å². The minimum atomic E-state index is 0.252. The standard InChI is InChI=1S/C12H16BrNO/c1-9(12-11(13)7-8-15-12)14-10-5-3-2-4-6-10/h3,5,7-10,14H,2,4,6H2,1H3. The van der Waals surface area contributed by atoms with E-state index in [1.54, 1.807) is 6.26 Å². The fourth-order valence-corrected chi connectivity index (χ4v) is 2.51. The quantitative estimate of drug-likeness (QED) is 0.845. The molecule has 2 rings (SSSR count). The Labute approximate surface area is 98.9 Å². The van der Waals surface area contributed by atoms with Crippen LogP contribution in [0.25, 0.3) is 0 Å². The average molecular weight is 270 g/mol. The lowest BCUT2D eigenvalue weighted by atomic mass is 10.0. The van der Waals surface area contributed by atoms with Crippen molar-refractivity contribution in [1.29, 1.82) is 0 Å². The normalized spacial score (nSPS) is 22.9. The highest BCUT2D eigenvalue weighted by Crippen LogP contribution is 2.25. The van der Waals surface area contributed by atoms with Crippen LogP contribution in [0.2, 0.25) is 0 Å². The Morgan fingerprint density at radius 3 is 3.07 bits per heavy atom. The highest BCUT2D eigenvalue weighted by molar-refractivity contribution is 9.10. The first-order chi connectivity index (χ1) is 7.27. The van der Waals surface area contributed by atoms with E-state index < -0.39 is 0 Å². The molecule has 0 fully saturated rings. The molecule has 1 aromatic rings. The number of hydrogen-bond acceptors (Lipinski definition) is 2. The van der Waals surface area contributed by atoms with Gasteiger partial charge in [-0.05, 0) is 48.2 Å². The van der Waals surface area contributed by atoms with Crippen LogP contribution < -0.4 is 5.32 Å². The van der Waals surface area contributed by atoms with Gasteiger partial charge in [-0.3, -0.25) is 0 Å². The van der Waals surface area contributed by atoms with Crippen LogP contribution in [-0.2, 0) is 0 Å². The van der Waals surface area contributed by atoms with Crippen molar-refractivity contribution < 1.29 is 4.42 Å². The van der Waals surface area contributed by atoms with Gasteiger partial charge in [-0.2, -0.15) is 0 Å². The van der Waals surface area contributed by atoms with Crippen LogP contribution in [0.1, 0.15) is 38.0 Å². The molecule has 2 nitrogen and oxygen atoms in total. The van der Waals surface area contributed by atoms with E-state index in [1.807, 2.05) is 6.07 Å². The molecule has 0 radical (unpaired) electrons. The van der Waals surface area contributed by atoms with Crippen molar-refractivity contribution in [2.45, 2.75) is 38.3 Å². The SMILES string of the molecule is CC(NC1C=CCCC1)c1occc1Br. The van der Waals surface area contributed by atoms with Crippen molar-refractivity contribution in [1.82, 2.24) is 5.32 Å². The fraction of sp³-hybridized carbons (Fsp3) is 0.500. The smallest absolute Gasteiger partial charge is 0.134 e. The van der Waals surface area contributed by atoms with Crippen molar-refractivity contribution in [3.8, 4) is 0 Å². The summed E-state index contributed by atoms with van der Waals surface area (Å²) in [4.78, 5) is 0. The molecule has 82 valence electrons. The summed E-state index contributed by atoms with van der Waals surface area (Å²) in [7, 11) is 0. The van der Waals surface area contributed by atoms with Gasteiger partial charge in [-0.15, -0.1) is 0 Å². The number of nitrogens with one attached hydrogen (secondary N) is 1. The number of allylic oxidation sites excluding steroid dienone is 1. The van der Waals surface area contributed by atoms with Gasteiger partial charge < -0.3 is 9.73 Å². The molecular formula is C12H16BrNO. The van der Waals surface area contributed by atoms with E-state index in [2.05, 4.69) is 40.3 Å². The molecule has 0 saturated carbocycles. The predicted octanol–water partition coefficient (Wildman–Crippen LogP) is 3.80. The topological polar surface area (TPSA) is 25.2 Å². The molecule has 1 aliphatic carbocycles. The van der Waals surface area contributed by atoms with Crippen LogP contribution in [0.15, 0.2) is 33.4 Å². The summed E-state index contributed by atoms with van der Waals surface area (Å²) in [6.45, 7) is 2.13. The van der Waals surface area contributed by atoms with Gasteiger partial charge >= 0.3 is 0 Å². The van der Waals surface area contributed by atoms with E-state index in [-0.39, 0.29) is 6.04 Å². The summed E-state index contributed by atoms with van der Waals surface area (Å²) >= 11 is 3.48. The Bertz CT molecular complexity index is 345. The number of furan rings is 1. The highest BCUT2D eigenvalue weighted by Gasteiger charge is 2.16. The van der Waals surface area contributed by atoms with E-state index in [0.29, 0.717) is 6.04 Å². The lowest BCUT2D eigenvalue weighted by molar-refractivity contribution is 0.394. The second-order valence-electron chi connectivity index (χ2n) is 3.99. The first-order valence-electron chi connectivity index (χ1n) is 5.43. The minimum absolute atomic E-state index is 0.252. The van der Waals surface area contributed by atoms with E-state index in [0.717, 1.165) is 10.2 Å². The second-order valence-corrected chi connectivity index (χ2v) is 4.84. The van der Waals surface area contributed by atoms with Crippen LogP contribution in [0.4, 0.5) is 0 Å². The minimum Gasteiger partial charge on any atom is -0.466 e. The Kier molecular flexibility index (Phi) is 3.65. The number of rotatable bonds is 3. The average Bonchev–Trinajstić information content (AvgIpc) is 2.66. The largest absolute Gasteiger partial charge is 0.466 e. The third-order valence-corrected chi connectivity index (χ3v) is 3.41. The van der Waals surface area contributed by atoms with E-state index in [9.17, 15) is 0 Å². The molecule has 0 aromatic carbocycles. The maximum atomic E-state index is 5.43. The maximum Gasteiger partial charge on any atom is 0.134 e. The van der Waals surface area contributed by atoms with Crippen molar-refractivity contribution in [2.24, 2.45) is 0 Å². The van der Waals surface area contributed by atoms with Gasteiger partial charge in [-0.1, -0.05) is 12.2 Å². The third kappa shape index (κ3) is 2.73. The van der Waals surface area contributed by atoms with E-state index >= 15 is 0 Å². The maximum absolute atomic E-state index is 5.43. The van der Waals surface area contributed by atoms with Gasteiger partial charge in [0.2, 0.25) is 0 Å². The molecule has 0 saturated heterocycles. The Hall–Kier alpha value is -0.540. The van der Waals surface area contributed by atoms with Gasteiger partial charge in [0.15, 0.2) is 0 Å². The Balaban J connectivity index is 1.97. The molecule has 0 bridgehead atoms. The molecule has 2 atom stereocenters. The second kappa shape index (κ2) is 4.99. The lowest BCUT2D eigenvalue weighted by Crippen LogP contribution is -2.30. The van der Waals surface area contributed by atoms with E-state index in [1.165, 1.54) is 19.3 Å². The summed E-state index contributed by atoms with van der Waals surface area (Å²) in [5, 5.41) is 3.55. The van der Waals surface area contributed by atoms with Crippen LogP contribution in [-0.4, -0.2) is 6.04 Å². The van der Waals surface area contributed by atoms with Gasteiger partial charge in [0.1, 0.15) is 5.76 Å². The van der Waals surface area contributed by atoms with Gasteiger partial charge in [0.05, 0.1) is 16.8 Å². The van der Waals surface area contributed by atoms with E-state index in [4.69, 9.17) is 4.42 Å². The zero-order valence-corrected chi connectivity index (χ0v) is 10.5. The molecule has 1 heterocycles. The Morgan fingerprint density at radius 1 is 1.60 bits per heavy atom. The zero-order chi connectivity index (χ0) is 10.7. The third-order valence-electron chi connectivity index (χ3n) is 2.76. The summed E-state index contributed by atoms with van der Waals surface area (Å²) in [5.41, 5.74) is 0. The first kappa shape index (κ1) is 11.0. The molecule has 0 spiro atoms. The summed E-state index contributed by atoms with van der Waals surface area (Å²) < 4.78 is 6.48. The molecule has 0 aliphatic heterocycles. The zero-order valence-electron chi connectivity index (χ0n) is 8.87. The van der Waals surface area contributed by atoms with Crippen molar-refractivity contribution in [3.05, 3.63) is 34.7 Å². The summed E-state index contributed by atoms with van der Waals surface area (Å²) in [5.74, 6) is 0.981. The summed E-state index contributed by atoms with van der Waals surface area (Å²) in [6.07, 6.45) is 9.95. The molecular weight excluding hydrogens is 254 g/mol. The molecule has 1 aromatic heterocycles.